The van der Waals surface area contributed by atoms with Gasteiger partial charge in [0.15, 0.2) is 5.82 Å². The summed E-state index contributed by atoms with van der Waals surface area (Å²) in [5.41, 5.74) is 1.18. The Balaban J connectivity index is 1.59. The summed E-state index contributed by atoms with van der Waals surface area (Å²) in [6.45, 7) is 4.98. The Kier molecular flexibility index (Phi) is 6.35. The summed E-state index contributed by atoms with van der Waals surface area (Å²) in [5.74, 6) is 6.14. The van der Waals surface area contributed by atoms with Crippen LogP contribution in [0.15, 0.2) is 43.2 Å². The van der Waals surface area contributed by atoms with Crippen LogP contribution in [0.4, 0.5) is 4.39 Å². The van der Waals surface area contributed by atoms with Crippen LogP contribution in [0, 0.1) is 23.6 Å². The predicted molar refractivity (Wildman–Crippen MR) is 97.9 cm³/mol. The first-order valence-electron chi connectivity index (χ1n) is 8.29. The molecule has 1 aliphatic rings. The normalized spacial score (nSPS) is 19.5. The summed E-state index contributed by atoms with van der Waals surface area (Å²) in [7, 11) is 0. The molecule has 0 unspecified atom stereocenters. The van der Waals surface area contributed by atoms with E-state index in [1.54, 1.807) is 18.5 Å². The molecule has 0 bridgehead atoms. The van der Waals surface area contributed by atoms with Gasteiger partial charge in [-0.3, -0.25) is 0 Å². The number of allylic oxidation sites excluding steroid dienone is 1. The van der Waals surface area contributed by atoms with Gasteiger partial charge in [0, 0.05) is 23.9 Å². The Bertz CT molecular complexity index is 822. The second-order valence-corrected chi connectivity index (χ2v) is 6.33. The Hall–Kier alpha value is -2.26. The number of hydrogen-bond donors (Lipinski definition) is 0. The average molecular weight is 373 g/mol. The zero-order valence-electron chi connectivity index (χ0n) is 14.1. The van der Waals surface area contributed by atoms with Crippen molar-refractivity contribution in [2.24, 2.45) is 5.92 Å². The van der Waals surface area contributed by atoms with Crippen molar-refractivity contribution in [3.63, 3.8) is 0 Å². The molecule has 134 valence electrons. The highest BCUT2D eigenvalue weighted by atomic mass is 35.5. The lowest BCUT2D eigenvalue weighted by molar-refractivity contribution is -0.169. The molecule has 3 rings (SSSR count). The van der Waals surface area contributed by atoms with Gasteiger partial charge in [-0.05, 0) is 37.0 Å². The van der Waals surface area contributed by atoms with E-state index in [4.69, 9.17) is 21.1 Å². The molecule has 1 saturated heterocycles. The van der Waals surface area contributed by atoms with Gasteiger partial charge in [-0.2, -0.15) is 0 Å². The SMILES string of the molecule is C=CCCC1COC(C#Cc2cnc(-c3ccc(Cl)c(F)c3)nc2)OC1. The molecule has 2 aromatic rings. The molecule has 2 heterocycles. The van der Waals surface area contributed by atoms with Crippen LogP contribution in [0.1, 0.15) is 18.4 Å². The summed E-state index contributed by atoms with van der Waals surface area (Å²) in [5, 5.41) is 0.0652. The van der Waals surface area contributed by atoms with Crippen LogP contribution < -0.4 is 0 Å². The Labute approximate surface area is 157 Å². The van der Waals surface area contributed by atoms with Crippen molar-refractivity contribution in [1.82, 2.24) is 9.97 Å². The van der Waals surface area contributed by atoms with Gasteiger partial charge in [-0.15, -0.1) is 6.58 Å². The van der Waals surface area contributed by atoms with E-state index in [2.05, 4.69) is 28.4 Å². The van der Waals surface area contributed by atoms with E-state index in [1.165, 1.54) is 12.1 Å². The van der Waals surface area contributed by atoms with E-state index in [0.717, 1.165) is 12.8 Å². The lowest BCUT2D eigenvalue weighted by atomic mass is 10.1. The van der Waals surface area contributed by atoms with Crippen LogP contribution >= 0.6 is 11.6 Å². The van der Waals surface area contributed by atoms with Gasteiger partial charge in [0.25, 0.3) is 0 Å². The third-order valence-corrected chi connectivity index (χ3v) is 4.22. The lowest BCUT2D eigenvalue weighted by Crippen LogP contribution is -2.31. The first kappa shape index (κ1) is 18.5. The van der Waals surface area contributed by atoms with Crippen molar-refractivity contribution in [3.8, 4) is 23.2 Å². The number of benzene rings is 1. The summed E-state index contributed by atoms with van der Waals surface area (Å²) in [6.07, 6.45) is 6.47. The number of ether oxygens (including phenoxy) is 2. The monoisotopic (exact) mass is 372 g/mol. The van der Waals surface area contributed by atoms with Gasteiger partial charge in [0.05, 0.1) is 23.8 Å². The molecule has 0 aliphatic carbocycles. The fourth-order valence-corrected chi connectivity index (χ4v) is 2.58. The van der Waals surface area contributed by atoms with Crippen molar-refractivity contribution in [1.29, 1.82) is 0 Å². The largest absolute Gasteiger partial charge is 0.342 e. The maximum absolute atomic E-state index is 13.5. The molecule has 1 aromatic carbocycles. The van der Waals surface area contributed by atoms with E-state index < -0.39 is 12.1 Å². The zero-order valence-corrected chi connectivity index (χ0v) is 14.9. The summed E-state index contributed by atoms with van der Waals surface area (Å²) >= 11 is 5.68. The van der Waals surface area contributed by atoms with Gasteiger partial charge in [-0.25, -0.2) is 14.4 Å². The first-order chi connectivity index (χ1) is 12.7. The Morgan fingerprint density at radius 1 is 1.27 bits per heavy atom. The van der Waals surface area contributed by atoms with Gasteiger partial charge < -0.3 is 9.47 Å². The molecule has 1 aromatic heterocycles. The number of nitrogens with zero attached hydrogens (tertiary/aromatic N) is 2. The Morgan fingerprint density at radius 2 is 2.00 bits per heavy atom. The summed E-state index contributed by atoms with van der Waals surface area (Å²) in [6, 6.07) is 4.44. The quantitative estimate of drug-likeness (QED) is 0.594. The van der Waals surface area contributed by atoms with E-state index in [9.17, 15) is 4.39 Å². The number of hydrogen-bond acceptors (Lipinski definition) is 4. The van der Waals surface area contributed by atoms with E-state index in [-0.39, 0.29) is 5.02 Å². The summed E-state index contributed by atoms with van der Waals surface area (Å²) in [4.78, 5) is 8.43. The third kappa shape index (κ3) is 4.89. The van der Waals surface area contributed by atoms with Crippen LogP contribution in [-0.2, 0) is 9.47 Å². The molecule has 0 N–H and O–H groups in total. The molecule has 1 fully saturated rings. The van der Waals surface area contributed by atoms with Crippen LogP contribution in [0.25, 0.3) is 11.4 Å². The minimum absolute atomic E-state index is 0.0652. The highest BCUT2D eigenvalue weighted by molar-refractivity contribution is 6.30. The molecule has 4 nitrogen and oxygen atoms in total. The van der Waals surface area contributed by atoms with E-state index >= 15 is 0 Å². The highest BCUT2D eigenvalue weighted by Gasteiger charge is 2.19. The van der Waals surface area contributed by atoms with Gasteiger partial charge in [-0.1, -0.05) is 23.6 Å². The number of halogens is 2. The van der Waals surface area contributed by atoms with Crippen molar-refractivity contribution in [2.75, 3.05) is 13.2 Å². The van der Waals surface area contributed by atoms with E-state index in [1.807, 2.05) is 6.08 Å². The summed E-state index contributed by atoms with van der Waals surface area (Å²) < 4.78 is 24.7. The fourth-order valence-electron chi connectivity index (χ4n) is 2.47. The van der Waals surface area contributed by atoms with Crippen molar-refractivity contribution in [2.45, 2.75) is 19.1 Å². The van der Waals surface area contributed by atoms with Crippen LogP contribution in [0.3, 0.4) is 0 Å². The number of aromatic nitrogens is 2. The lowest BCUT2D eigenvalue weighted by Gasteiger charge is -2.26. The molecule has 0 amide bonds. The van der Waals surface area contributed by atoms with Gasteiger partial charge in [0.2, 0.25) is 6.29 Å². The molecule has 0 spiro atoms. The maximum Gasteiger partial charge on any atom is 0.222 e. The molecule has 1 aliphatic heterocycles. The molecule has 0 atom stereocenters. The predicted octanol–water partition coefficient (Wildman–Crippen LogP) is 4.24. The third-order valence-electron chi connectivity index (χ3n) is 3.91. The molecular formula is C20H18ClFN2O2. The number of rotatable bonds is 4. The van der Waals surface area contributed by atoms with Crippen molar-refractivity contribution in [3.05, 3.63) is 59.7 Å². The molecule has 6 heteroatoms. The first-order valence-corrected chi connectivity index (χ1v) is 8.66. The smallest absolute Gasteiger partial charge is 0.222 e. The fraction of sp³-hybridized carbons (Fsp3) is 0.300. The van der Waals surface area contributed by atoms with Crippen LogP contribution in [-0.4, -0.2) is 29.5 Å². The minimum Gasteiger partial charge on any atom is -0.342 e. The molecule has 26 heavy (non-hydrogen) atoms. The van der Waals surface area contributed by atoms with Crippen LogP contribution in [0.5, 0.6) is 0 Å². The zero-order chi connectivity index (χ0) is 18.4. The van der Waals surface area contributed by atoms with Gasteiger partial charge in [0.1, 0.15) is 5.82 Å². The van der Waals surface area contributed by atoms with Crippen molar-refractivity contribution >= 4 is 11.6 Å². The topological polar surface area (TPSA) is 44.2 Å². The molecule has 0 radical (unpaired) electrons. The van der Waals surface area contributed by atoms with E-state index in [0.29, 0.717) is 36.1 Å². The molecular weight excluding hydrogens is 355 g/mol. The highest BCUT2D eigenvalue weighted by Crippen LogP contribution is 2.21. The second-order valence-electron chi connectivity index (χ2n) is 5.92. The second kappa shape index (κ2) is 8.91. The van der Waals surface area contributed by atoms with Crippen molar-refractivity contribution < 1.29 is 13.9 Å². The average Bonchev–Trinajstić information content (AvgIpc) is 2.68. The minimum atomic E-state index is -0.542. The van der Waals surface area contributed by atoms with Gasteiger partial charge >= 0.3 is 0 Å². The molecule has 0 saturated carbocycles. The maximum atomic E-state index is 13.5. The Morgan fingerprint density at radius 3 is 2.65 bits per heavy atom. The van der Waals surface area contributed by atoms with Crippen LogP contribution in [0.2, 0.25) is 5.02 Å². The standard InChI is InChI=1S/C20H18ClFN2O2/c1-2-3-4-15-12-25-19(26-13-15)8-5-14-10-23-20(24-11-14)16-6-7-17(21)18(22)9-16/h2,6-7,9-11,15,19H,1,3-4,12-13H2.